The standard InChI is InChI=1S/C9H8N2O3S2/c1-14-7(12)5-16(13)9-11-6-3-2-4-10-8(6)15-9/h2-4H,5H2,1H3. The van der Waals surface area contributed by atoms with E-state index < -0.39 is 16.8 Å². The molecule has 2 rings (SSSR count). The van der Waals surface area contributed by atoms with Gasteiger partial charge in [-0.05, 0) is 12.1 Å². The second-order valence-electron chi connectivity index (χ2n) is 2.87. The van der Waals surface area contributed by atoms with E-state index >= 15 is 0 Å². The highest BCUT2D eigenvalue weighted by molar-refractivity contribution is 7.88. The van der Waals surface area contributed by atoms with E-state index in [1.165, 1.54) is 18.4 Å². The first-order chi connectivity index (χ1) is 7.70. The van der Waals surface area contributed by atoms with Crippen molar-refractivity contribution >= 4 is 38.5 Å². The molecule has 5 nitrogen and oxygen atoms in total. The quantitative estimate of drug-likeness (QED) is 0.765. The molecule has 2 heterocycles. The lowest BCUT2D eigenvalue weighted by atomic mass is 10.5. The summed E-state index contributed by atoms with van der Waals surface area (Å²) in [6.07, 6.45) is 1.65. The maximum Gasteiger partial charge on any atom is 0.318 e. The number of fused-ring (bicyclic) bond motifs is 1. The van der Waals surface area contributed by atoms with Gasteiger partial charge in [0.05, 0.1) is 17.9 Å². The molecule has 0 amide bonds. The molecule has 0 saturated carbocycles. The van der Waals surface area contributed by atoms with Crippen molar-refractivity contribution in [3.8, 4) is 0 Å². The van der Waals surface area contributed by atoms with Gasteiger partial charge in [-0.2, -0.15) is 0 Å². The van der Waals surface area contributed by atoms with Crippen LogP contribution in [0.15, 0.2) is 22.7 Å². The molecule has 84 valence electrons. The number of nitrogens with zero attached hydrogens (tertiary/aromatic N) is 2. The van der Waals surface area contributed by atoms with E-state index in [1.807, 2.05) is 0 Å². The smallest absolute Gasteiger partial charge is 0.318 e. The van der Waals surface area contributed by atoms with Gasteiger partial charge in [-0.25, -0.2) is 9.97 Å². The summed E-state index contributed by atoms with van der Waals surface area (Å²) in [5.74, 6) is -0.679. The maximum atomic E-state index is 11.7. The number of rotatable bonds is 3. The largest absolute Gasteiger partial charge is 0.468 e. The molecule has 7 heteroatoms. The summed E-state index contributed by atoms with van der Waals surface area (Å²) in [5.41, 5.74) is 0.695. The normalized spacial score (nSPS) is 12.6. The van der Waals surface area contributed by atoms with Crippen LogP contribution in [-0.2, 0) is 20.3 Å². The lowest BCUT2D eigenvalue weighted by molar-refractivity contribution is -0.137. The molecule has 2 aromatic rings. The minimum atomic E-state index is -1.45. The average Bonchev–Trinajstić information content (AvgIpc) is 2.72. The summed E-state index contributed by atoms with van der Waals surface area (Å²) in [4.78, 5) is 19.9. The van der Waals surface area contributed by atoms with Crippen LogP contribution in [0, 0.1) is 0 Å². The SMILES string of the molecule is COC(=O)CS(=O)c1nc2cccnc2s1. The Labute approximate surface area is 97.9 Å². The lowest BCUT2D eigenvalue weighted by Gasteiger charge is -1.95. The zero-order valence-electron chi connectivity index (χ0n) is 8.37. The van der Waals surface area contributed by atoms with E-state index in [1.54, 1.807) is 18.3 Å². The van der Waals surface area contributed by atoms with Crippen LogP contribution in [0.25, 0.3) is 10.3 Å². The number of thiazole rings is 1. The third kappa shape index (κ3) is 2.25. The van der Waals surface area contributed by atoms with Crippen LogP contribution in [0.4, 0.5) is 0 Å². The van der Waals surface area contributed by atoms with Crippen LogP contribution in [0.1, 0.15) is 0 Å². The first-order valence-corrected chi connectivity index (χ1v) is 6.51. The molecule has 0 bridgehead atoms. The molecule has 0 saturated heterocycles. The van der Waals surface area contributed by atoms with Gasteiger partial charge in [0.1, 0.15) is 16.1 Å². The summed E-state index contributed by atoms with van der Waals surface area (Å²) < 4.78 is 16.6. The highest BCUT2D eigenvalue weighted by Gasteiger charge is 2.15. The minimum absolute atomic E-state index is 0.170. The minimum Gasteiger partial charge on any atom is -0.468 e. The molecule has 0 aliphatic heterocycles. The van der Waals surface area contributed by atoms with Gasteiger partial charge in [0.15, 0.2) is 4.34 Å². The molecule has 0 N–H and O–H groups in total. The summed E-state index contributed by atoms with van der Waals surface area (Å²) in [5, 5.41) is 0. The number of hydrogen-bond acceptors (Lipinski definition) is 6. The Morgan fingerprint density at radius 2 is 2.44 bits per heavy atom. The van der Waals surface area contributed by atoms with Crippen molar-refractivity contribution in [3.63, 3.8) is 0 Å². The van der Waals surface area contributed by atoms with E-state index in [0.717, 1.165) is 4.83 Å². The van der Waals surface area contributed by atoms with Crippen LogP contribution >= 0.6 is 11.3 Å². The van der Waals surface area contributed by atoms with Crippen molar-refractivity contribution in [3.05, 3.63) is 18.3 Å². The number of esters is 1. The van der Waals surface area contributed by atoms with Crippen molar-refractivity contribution in [2.45, 2.75) is 4.34 Å². The molecule has 2 aromatic heterocycles. The molecule has 16 heavy (non-hydrogen) atoms. The highest BCUT2D eigenvalue weighted by atomic mass is 32.2. The van der Waals surface area contributed by atoms with Gasteiger partial charge in [0, 0.05) is 6.20 Å². The molecular formula is C9H8N2O3S2. The Hall–Kier alpha value is -1.34. The number of ether oxygens (including phenoxy) is 1. The van der Waals surface area contributed by atoms with Crippen LogP contribution in [0.2, 0.25) is 0 Å². The van der Waals surface area contributed by atoms with Gasteiger partial charge in [0.25, 0.3) is 0 Å². The van der Waals surface area contributed by atoms with Crippen LogP contribution in [-0.4, -0.2) is 33.0 Å². The second-order valence-corrected chi connectivity index (χ2v) is 5.48. The summed E-state index contributed by atoms with van der Waals surface area (Å²) in [6.45, 7) is 0. The van der Waals surface area contributed by atoms with E-state index in [9.17, 15) is 9.00 Å². The molecule has 1 unspecified atom stereocenters. The number of carbonyl (C=O) groups excluding carboxylic acids is 1. The van der Waals surface area contributed by atoms with Gasteiger partial charge in [-0.3, -0.25) is 9.00 Å². The van der Waals surface area contributed by atoms with Crippen molar-refractivity contribution in [2.24, 2.45) is 0 Å². The van der Waals surface area contributed by atoms with Gasteiger partial charge >= 0.3 is 5.97 Å². The Morgan fingerprint density at radius 1 is 1.62 bits per heavy atom. The zero-order valence-corrected chi connectivity index (χ0v) is 10.0. The van der Waals surface area contributed by atoms with E-state index in [-0.39, 0.29) is 5.75 Å². The molecule has 1 atom stereocenters. The third-order valence-corrected chi connectivity index (χ3v) is 4.38. The second kappa shape index (κ2) is 4.67. The number of hydrogen-bond donors (Lipinski definition) is 0. The predicted molar refractivity (Wildman–Crippen MR) is 60.7 cm³/mol. The lowest BCUT2D eigenvalue weighted by Crippen LogP contribution is -2.11. The Bertz CT molecular complexity index is 519. The van der Waals surface area contributed by atoms with Gasteiger partial charge < -0.3 is 4.74 Å². The van der Waals surface area contributed by atoms with Crippen LogP contribution < -0.4 is 0 Å². The first-order valence-electron chi connectivity index (χ1n) is 4.37. The van der Waals surface area contributed by atoms with E-state index in [4.69, 9.17) is 0 Å². The van der Waals surface area contributed by atoms with Crippen molar-refractivity contribution < 1.29 is 13.7 Å². The number of aromatic nitrogens is 2. The van der Waals surface area contributed by atoms with Gasteiger partial charge in [-0.15, -0.1) is 0 Å². The Kier molecular flexibility index (Phi) is 3.25. The first kappa shape index (κ1) is 11.2. The van der Waals surface area contributed by atoms with Crippen LogP contribution in [0.3, 0.4) is 0 Å². The maximum absolute atomic E-state index is 11.7. The molecule has 0 spiro atoms. The number of methoxy groups -OCH3 is 1. The molecule has 0 aliphatic rings. The molecular weight excluding hydrogens is 248 g/mol. The number of pyridine rings is 1. The topological polar surface area (TPSA) is 69.2 Å². The highest BCUT2D eigenvalue weighted by Crippen LogP contribution is 2.21. The fourth-order valence-corrected chi connectivity index (χ4v) is 3.16. The fourth-order valence-electron chi connectivity index (χ4n) is 1.08. The monoisotopic (exact) mass is 256 g/mol. The van der Waals surface area contributed by atoms with E-state index in [2.05, 4.69) is 14.7 Å². The average molecular weight is 256 g/mol. The van der Waals surface area contributed by atoms with Crippen molar-refractivity contribution in [1.29, 1.82) is 0 Å². The molecule has 0 aliphatic carbocycles. The number of carbonyl (C=O) groups is 1. The molecule has 0 radical (unpaired) electrons. The Balaban J connectivity index is 2.26. The molecule has 0 fully saturated rings. The third-order valence-electron chi connectivity index (χ3n) is 1.82. The van der Waals surface area contributed by atoms with Crippen molar-refractivity contribution in [2.75, 3.05) is 12.9 Å². The van der Waals surface area contributed by atoms with Crippen LogP contribution in [0.5, 0.6) is 0 Å². The van der Waals surface area contributed by atoms with Gasteiger partial charge in [-0.1, -0.05) is 11.3 Å². The predicted octanol–water partition coefficient (Wildman–Crippen LogP) is 0.972. The van der Waals surface area contributed by atoms with Gasteiger partial charge in [0.2, 0.25) is 0 Å². The van der Waals surface area contributed by atoms with Crippen molar-refractivity contribution in [1.82, 2.24) is 9.97 Å². The zero-order chi connectivity index (χ0) is 11.5. The fraction of sp³-hybridized carbons (Fsp3) is 0.222. The summed E-state index contributed by atoms with van der Waals surface area (Å²) >= 11 is 1.23. The Morgan fingerprint density at radius 3 is 3.12 bits per heavy atom. The summed E-state index contributed by atoms with van der Waals surface area (Å²) in [7, 11) is -0.190. The molecule has 0 aromatic carbocycles. The van der Waals surface area contributed by atoms with E-state index in [0.29, 0.717) is 9.86 Å². The summed E-state index contributed by atoms with van der Waals surface area (Å²) in [6, 6.07) is 3.55.